The molecule has 2 heteroatoms. The van der Waals surface area contributed by atoms with Gasteiger partial charge in [-0.15, -0.1) is 6.58 Å². The van der Waals surface area contributed by atoms with Gasteiger partial charge in [-0.05, 0) is 12.0 Å². The molecule has 0 amide bonds. The normalized spacial score (nSPS) is 17.2. The minimum Gasteiger partial charge on any atom is -0.392 e. The van der Waals surface area contributed by atoms with Gasteiger partial charge in [-0.1, -0.05) is 63.0 Å². The van der Waals surface area contributed by atoms with Crippen molar-refractivity contribution < 1.29 is 5.11 Å². The van der Waals surface area contributed by atoms with E-state index < -0.39 is 13.3 Å². The first kappa shape index (κ1) is 14.2. The van der Waals surface area contributed by atoms with Gasteiger partial charge in [0.15, 0.2) is 0 Å². The predicted octanol–water partition coefficient (Wildman–Crippen LogP) is 3.97. The third-order valence-electron chi connectivity index (χ3n) is 3.77. The fraction of sp³-hybridized carbons (Fsp3) is 0.467. The molecule has 0 aliphatic carbocycles. The molecule has 0 saturated heterocycles. The molecular weight excluding hydrogens is 224 g/mol. The van der Waals surface area contributed by atoms with Gasteiger partial charge in [0, 0.05) is 5.92 Å². The lowest BCUT2D eigenvalue weighted by molar-refractivity contribution is 0.0931. The van der Waals surface area contributed by atoms with E-state index in [4.69, 9.17) is 0 Å². The van der Waals surface area contributed by atoms with Crippen molar-refractivity contribution in [2.75, 3.05) is 0 Å². The topological polar surface area (TPSA) is 20.2 Å². The van der Waals surface area contributed by atoms with Crippen LogP contribution in [-0.2, 0) is 0 Å². The highest BCUT2D eigenvalue weighted by Crippen LogP contribution is 2.38. The first-order valence-corrected chi connectivity index (χ1v) is 9.71. The SMILES string of the molecule is C=CC[C@](O)([C@@H](C)c1ccccc1)[Si](C)(C)C. The number of aliphatic hydroxyl groups is 1. The minimum absolute atomic E-state index is 0.147. The molecule has 2 atom stereocenters. The van der Waals surface area contributed by atoms with Crippen LogP contribution in [0.5, 0.6) is 0 Å². The Hall–Kier alpha value is -0.863. The maximum absolute atomic E-state index is 11.1. The molecule has 0 unspecified atom stereocenters. The van der Waals surface area contributed by atoms with E-state index in [9.17, 15) is 5.11 Å². The Labute approximate surface area is 106 Å². The van der Waals surface area contributed by atoms with E-state index in [1.54, 1.807) is 0 Å². The molecule has 0 saturated carbocycles. The molecule has 0 aliphatic heterocycles. The number of hydrogen-bond acceptors (Lipinski definition) is 1. The summed E-state index contributed by atoms with van der Waals surface area (Å²) in [4.78, 5) is 0. The highest BCUT2D eigenvalue weighted by atomic mass is 28.3. The first-order valence-electron chi connectivity index (χ1n) is 6.21. The van der Waals surface area contributed by atoms with Gasteiger partial charge in [-0.3, -0.25) is 0 Å². The van der Waals surface area contributed by atoms with Gasteiger partial charge < -0.3 is 5.11 Å². The number of benzene rings is 1. The molecule has 0 spiro atoms. The summed E-state index contributed by atoms with van der Waals surface area (Å²) >= 11 is 0. The van der Waals surface area contributed by atoms with E-state index in [0.717, 1.165) is 0 Å². The maximum Gasteiger partial charge on any atom is 0.0832 e. The van der Waals surface area contributed by atoms with Crippen LogP contribution in [0.25, 0.3) is 0 Å². The summed E-state index contributed by atoms with van der Waals surface area (Å²) in [6.07, 6.45) is 2.51. The summed E-state index contributed by atoms with van der Waals surface area (Å²) in [5.41, 5.74) is 1.21. The fourth-order valence-corrected chi connectivity index (χ4v) is 4.59. The van der Waals surface area contributed by atoms with E-state index >= 15 is 0 Å². The zero-order valence-corrected chi connectivity index (χ0v) is 12.4. The Morgan fingerprint density at radius 3 is 2.24 bits per heavy atom. The van der Waals surface area contributed by atoms with Crippen LogP contribution < -0.4 is 0 Å². The summed E-state index contributed by atoms with van der Waals surface area (Å²) in [6, 6.07) is 10.3. The summed E-state index contributed by atoms with van der Waals surface area (Å²) in [5, 5.41) is 10.4. The second kappa shape index (κ2) is 5.19. The van der Waals surface area contributed by atoms with Gasteiger partial charge in [0.25, 0.3) is 0 Å². The molecule has 1 nitrogen and oxygen atoms in total. The Morgan fingerprint density at radius 1 is 1.29 bits per heavy atom. The largest absolute Gasteiger partial charge is 0.392 e. The van der Waals surface area contributed by atoms with Crippen LogP contribution in [0.15, 0.2) is 43.0 Å². The standard InChI is InChI=1S/C15H24OSi/c1-6-12-15(16,17(3,4)5)13(2)14-10-8-7-9-11-14/h6-11,13,16H,1,12H2,2-5H3/t13-,15+/m0/s1. The quantitative estimate of drug-likeness (QED) is 0.617. The van der Waals surface area contributed by atoms with E-state index in [-0.39, 0.29) is 5.92 Å². The molecule has 0 aliphatic rings. The van der Waals surface area contributed by atoms with Crippen molar-refractivity contribution in [2.24, 2.45) is 0 Å². The van der Waals surface area contributed by atoms with Crippen molar-refractivity contribution in [3.8, 4) is 0 Å². The van der Waals surface area contributed by atoms with Gasteiger partial charge in [0.05, 0.1) is 13.3 Å². The smallest absolute Gasteiger partial charge is 0.0832 e. The second-order valence-electron chi connectivity index (χ2n) is 5.80. The third-order valence-corrected chi connectivity index (χ3v) is 7.00. The molecular formula is C15H24OSi. The molecule has 0 radical (unpaired) electrons. The van der Waals surface area contributed by atoms with Crippen molar-refractivity contribution in [1.29, 1.82) is 0 Å². The summed E-state index contributed by atoms with van der Waals surface area (Å²) in [6.45, 7) is 12.6. The van der Waals surface area contributed by atoms with Crippen molar-refractivity contribution in [3.05, 3.63) is 48.6 Å². The molecule has 0 aromatic heterocycles. The highest BCUT2D eigenvalue weighted by molar-refractivity contribution is 6.79. The molecule has 1 aromatic rings. The van der Waals surface area contributed by atoms with Crippen LogP contribution >= 0.6 is 0 Å². The molecule has 1 rings (SSSR count). The molecule has 94 valence electrons. The maximum atomic E-state index is 11.1. The Morgan fingerprint density at radius 2 is 1.82 bits per heavy atom. The Balaban J connectivity index is 3.12. The van der Waals surface area contributed by atoms with E-state index in [1.165, 1.54) is 5.56 Å². The average molecular weight is 248 g/mol. The number of hydrogen-bond donors (Lipinski definition) is 1. The summed E-state index contributed by atoms with van der Waals surface area (Å²) in [7, 11) is -1.69. The highest BCUT2D eigenvalue weighted by Gasteiger charge is 2.45. The molecule has 0 heterocycles. The Kier molecular flexibility index (Phi) is 4.34. The Bertz CT molecular complexity index is 366. The molecule has 1 aromatic carbocycles. The van der Waals surface area contributed by atoms with Crippen molar-refractivity contribution in [1.82, 2.24) is 0 Å². The number of rotatable bonds is 5. The van der Waals surface area contributed by atoms with E-state index in [1.807, 2.05) is 24.3 Å². The first-order chi connectivity index (χ1) is 7.83. The predicted molar refractivity (Wildman–Crippen MR) is 78.0 cm³/mol. The average Bonchev–Trinajstić information content (AvgIpc) is 2.28. The van der Waals surface area contributed by atoms with E-state index in [2.05, 4.69) is 45.3 Å². The summed E-state index contributed by atoms with van der Waals surface area (Å²) in [5.74, 6) is 0.147. The van der Waals surface area contributed by atoms with Crippen molar-refractivity contribution in [3.63, 3.8) is 0 Å². The molecule has 17 heavy (non-hydrogen) atoms. The van der Waals surface area contributed by atoms with E-state index in [0.29, 0.717) is 6.42 Å². The van der Waals surface area contributed by atoms with Gasteiger partial charge in [-0.25, -0.2) is 0 Å². The lowest BCUT2D eigenvalue weighted by Crippen LogP contribution is -2.55. The zero-order chi connectivity index (χ0) is 13.1. The van der Waals surface area contributed by atoms with Gasteiger partial charge in [-0.2, -0.15) is 0 Å². The van der Waals surface area contributed by atoms with Crippen LogP contribution in [-0.4, -0.2) is 18.4 Å². The van der Waals surface area contributed by atoms with Crippen LogP contribution in [0.1, 0.15) is 24.8 Å². The van der Waals surface area contributed by atoms with Gasteiger partial charge in [0.2, 0.25) is 0 Å². The monoisotopic (exact) mass is 248 g/mol. The van der Waals surface area contributed by atoms with Crippen LogP contribution in [0.2, 0.25) is 19.6 Å². The van der Waals surface area contributed by atoms with Crippen LogP contribution in [0, 0.1) is 0 Å². The molecule has 1 N–H and O–H groups in total. The van der Waals surface area contributed by atoms with Gasteiger partial charge in [0.1, 0.15) is 0 Å². The van der Waals surface area contributed by atoms with Gasteiger partial charge >= 0.3 is 0 Å². The van der Waals surface area contributed by atoms with Crippen LogP contribution in [0.4, 0.5) is 0 Å². The lowest BCUT2D eigenvalue weighted by atomic mass is 9.92. The lowest BCUT2D eigenvalue weighted by Gasteiger charge is -2.43. The second-order valence-corrected chi connectivity index (χ2v) is 11.2. The van der Waals surface area contributed by atoms with Crippen LogP contribution in [0.3, 0.4) is 0 Å². The fourth-order valence-electron chi connectivity index (χ4n) is 2.37. The third kappa shape index (κ3) is 2.88. The molecule has 0 bridgehead atoms. The van der Waals surface area contributed by atoms with Crippen molar-refractivity contribution in [2.45, 2.75) is 44.1 Å². The zero-order valence-electron chi connectivity index (χ0n) is 11.4. The van der Waals surface area contributed by atoms with Crippen molar-refractivity contribution >= 4 is 8.07 Å². The summed E-state index contributed by atoms with van der Waals surface area (Å²) < 4.78 is 0. The molecule has 0 fully saturated rings. The minimum atomic E-state index is -1.69.